The number of aromatic nitrogens is 3. The first-order valence-corrected chi connectivity index (χ1v) is 7.42. The molecule has 3 aromatic rings. The van der Waals surface area contributed by atoms with Gasteiger partial charge >= 0.3 is 0 Å². The highest BCUT2D eigenvalue weighted by Gasteiger charge is 2.12. The molecule has 2 aromatic carbocycles. The number of nitrogens with one attached hydrogen (secondary N) is 1. The molecule has 106 valence electrons. The second-order valence-corrected chi connectivity index (χ2v) is 5.53. The van der Waals surface area contributed by atoms with Crippen LogP contribution >= 0.6 is 12.2 Å². The largest absolute Gasteiger partial charge is 0.300 e. The van der Waals surface area contributed by atoms with Crippen LogP contribution < -0.4 is 0 Å². The van der Waals surface area contributed by atoms with Gasteiger partial charge < -0.3 is 0 Å². The lowest BCUT2D eigenvalue weighted by molar-refractivity contribution is 0.595. The number of hydrogen-bond acceptors (Lipinski definition) is 2. The third-order valence-electron chi connectivity index (χ3n) is 3.62. The number of hydrogen-bond donors (Lipinski definition) is 1. The van der Waals surface area contributed by atoms with Gasteiger partial charge in [0, 0.05) is 12.1 Å². The summed E-state index contributed by atoms with van der Waals surface area (Å²) in [5, 5.41) is 7.29. The fraction of sp³-hybridized carbons (Fsp3) is 0.176. The van der Waals surface area contributed by atoms with E-state index in [1.165, 1.54) is 5.56 Å². The van der Waals surface area contributed by atoms with Crippen LogP contribution in [-0.2, 0) is 6.54 Å². The lowest BCUT2D eigenvalue weighted by Gasteiger charge is -2.14. The molecule has 1 heterocycles. The zero-order chi connectivity index (χ0) is 14.7. The van der Waals surface area contributed by atoms with Crippen LogP contribution in [0.15, 0.2) is 60.7 Å². The molecular weight excluding hydrogens is 278 g/mol. The third kappa shape index (κ3) is 2.95. The van der Waals surface area contributed by atoms with Crippen LogP contribution in [0.2, 0.25) is 0 Å². The molecule has 3 rings (SSSR count). The highest BCUT2D eigenvalue weighted by molar-refractivity contribution is 7.71. The molecular formula is C17H17N3S. The lowest BCUT2D eigenvalue weighted by atomic mass is 10.0. The van der Waals surface area contributed by atoms with Crippen molar-refractivity contribution in [1.82, 2.24) is 14.8 Å². The predicted molar refractivity (Wildman–Crippen MR) is 87.7 cm³/mol. The number of H-pyrrole nitrogens is 1. The fourth-order valence-corrected chi connectivity index (χ4v) is 2.66. The van der Waals surface area contributed by atoms with Crippen LogP contribution in [0.25, 0.3) is 11.4 Å². The molecule has 0 saturated carbocycles. The first-order valence-electron chi connectivity index (χ1n) is 7.01. The summed E-state index contributed by atoms with van der Waals surface area (Å²) in [6.45, 7) is 3.02. The average Bonchev–Trinajstić information content (AvgIpc) is 2.90. The van der Waals surface area contributed by atoms with Crippen LogP contribution in [-0.4, -0.2) is 14.8 Å². The molecule has 0 bridgehead atoms. The number of rotatable bonds is 4. The van der Waals surface area contributed by atoms with E-state index in [0.717, 1.165) is 17.9 Å². The zero-order valence-corrected chi connectivity index (χ0v) is 12.7. The van der Waals surface area contributed by atoms with Gasteiger partial charge in [-0.15, -0.1) is 0 Å². The molecule has 0 saturated heterocycles. The third-order valence-corrected chi connectivity index (χ3v) is 3.93. The lowest BCUT2D eigenvalue weighted by Crippen LogP contribution is -2.08. The zero-order valence-electron chi connectivity index (χ0n) is 11.9. The van der Waals surface area contributed by atoms with Crippen LogP contribution in [0.5, 0.6) is 0 Å². The van der Waals surface area contributed by atoms with Gasteiger partial charge in [0.2, 0.25) is 0 Å². The SMILES string of the molecule is CC(Cn1c(-c2ccccc2)n[nH]c1=S)c1ccccc1. The Morgan fingerprint density at radius 1 is 1.05 bits per heavy atom. The van der Waals surface area contributed by atoms with Gasteiger partial charge in [-0.3, -0.25) is 9.67 Å². The highest BCUT2D eigenvalue weighted by atomic mass is 32.1. The minimum Gasteiger partial charge on any atom is -0.300 e. The van der Waals surface area contributed by atoms with Crippen molar-refractivity contribution in [2.24, 2.45) is 0 Å². The van der Waals surface area contributed by atoms with Crippen LogP contribution in [0.1, 0.15) is 18.4 Å². The van der Waals surface area contributed by atoms with Crippen molar-refractivity contribution in [3.05, 3.63) is 71.0 Å². The Labute approximate surface area is 129 Å². The van der Waals surface area contributed by atoms with Gasteiger partial charge in [0.25, 0.3) is 0 Å². The van der Waals surface area contributed by atoms with Crippen molar-refractivity contribution < 1.29 is 0 Å². The van der Waals surface area contributed by atoms with E-state index in [1.54, 1.807) is 0 Å². The minimum absolute atomic E-state index is 0.373. The van der Waals surface area contributed by atoms with Gasteiger partial charge in [-0.1, -0.05) is 67.6 Å². The quantitative estimate of drug-likeness (QED) is 0.723. The van der Waals surface area contributed by atoms with Crippen molar-refractivity contribution in [3.63, 3.8) is 0 Å². The molecule has 0 aliphatic heterocycles. The molecule has 1 atom stereocenters. The van der Waals surface area contributed by atoms with Crippen molar-refractivity contribution in [2.75, 3.05) is 0 Å². The Morgan fingerprint density at radius 3 is 2.33 bits per heavy atom. The maximum absolute atomic E-state index is 5.39. The van der Waals surface area contributed by atoms with Gasteiger partial charge in [0.1, 0.15) is 0 Å². The number of aromatic amines is 1. The molecule has 0 aliphatic carbocycles. The van der Waals surface area contributed by atoms with Crippen molar-refractivity contribution in [3.8, 4) is 11.4 Å². The smallest absolute Gasteiger partial charge is 0.195 e. The van der Waals surface area contributed by atoms with E-state index >= 15 is 0 Å². The molecule has 0 amide bonds. The van der Waals surface area contributed by atoms with Crippen molar-refractivity contribution in [1.29, 1.82) is 0 Å². The summed E-state index contributed by atoms with van der Waals surface area (Å²) in [4.78, 5) is 0. The highest BCUT2D eigenvalue weighted by Crippen LogP contribution is 2.22. The van der Waals surface area contributed by atoms with Gasteiger partial charge in [-0.05, 0) is 23.7 Å². The Bertz CT molecular complexity index is 759. The Morgan fingerprint density at radius 2 is 1.67 bits per heavy atom. The topological polar surface area (TPSA) is 33.6 Å². The first-order chi connectivity index (χ1) is 10.3. The second kappa shape index (κ2) is 6.06. The molecule has 4 heteroatoms. The van der Waals surface area contributed by atoms with Crippen LogP contribution in [0.4, 0.5) is 0 Å². The van der Waals surface area contributed by atoms with E-state index in [-0.39, 0.29) is 0 Å². The summed E-state index contributed by atoms with van der Waals surface area (Å²) in [7, 11) is 0. The molecule has 1 unspecified atom stereocenters. The second-order valence-electron chi connectivity index (χ2n) is 5.14. The summed E-state index contributed by atoms with van der Waals surface area (Å²) < 4.78 is 2.74. The van der Waals surface area contributed by atoms with Crippen molar-refractivity contribution in [2.45, 2.75) is 19.4 Å². The maximum Gasteiger partial charge on any atom is 0.195 e. The van der Waals surface area contributed by atoms with Gasteiger partial charge in [0.15, 0.2) is 10.6 Å². The molecule has 0 aliphatic rings. The van der Waals surface area contributed by atoms with E-state index in [9.17, 15) is 0 Å². The maximum atomic E-state index is 5.39. The summed E-state index contributed by atoms with van der Waals surface area (Å²) in [5.74, 6) is 1.27. The Hall–Kier alpha value is -2.20. The van der Waals surface area contributed by atoms with E-state index in [0.29, 0.717) is 10.7 Å². The summed E-state index contributed by atoms with van der Waals surface area (Å²) >= 11 is 5.39. The summed E-state index contributed by atoms with van der Waals surface area (Å²) in [6, 6.07) is 20.6. The molecule has 3 nitrogen and oxygen atoms in total. The first kappa shape index (κ1) is 13.8. The Kier molecular flexibility index (Phi) is 3.97. The molecule has 0 spiro atoms. The van der Waals surface area contributed by atoms with Crippen molar-refractivity contribution >= 4 is 12.2 Å². The van der Waals surface area contributed by atoms with Gasteiger partial charge in [0.05, 0.1) is 0 Å². The van der Waals surface area contributed by atoms with E-state index in [2.05, 4.69) is 58.1 Å². The van der Waals surface area contributed by atoms with Gasteiger partial charge in [-0.2, -0.15) is 5.10 Å². The van der Waals surface area contributed by atoms with E-state index in [4.69, 9.17) is 12.2 Å². The molecule has 21 heavy (non-hydrogen) atoms. The molecule has 0 fully saturated rings. The summed E-state index contributed by atoms with van der Waals surface area (Å²) in [5.41, 5.74) is 2.38. The fourth-order valence-electron chi connectivity index (χ4n) is 2.46. The molecule has 1 N–H and O–H groups in total. The monoisotopic (exact) mass is 295 g/mol. The molecule has 1 aromatic heterocycles. The van der Waals surface area contributed by atoms with Gasteiger partial charge in [-0.25, -0.2) is 0 Å². The predicted octanol–water partition coefficient (Wildman–Crippen LogP) is 4.41. The number of nitrogens with zero attached hydrogens (tertiary/aromatic N) is 2. The average molecular weight is 295 g/mol. The van der Waals surface area contributed by atoms with E-state index in [1.807, 2.05) is 24.3 Å². The summed E-state index contributed by atoms with van der Waals surface area (Å²) in [6.07, 6.45) is 0. The molecule has 0 radical (unpaired) electrons. The normalized spacial score (nSPS) is 12.2. The van der Waals surface area contributed by atoms with Crippen LogP contribution in [0.3, 0.4) is 0 Å². The van der Waals surface area contributed by atoms with Crippen LogP contribution in [0, 0.1) is 4.77 Å². The van der Waals surface area contributed by atoms with E-state index < -0.39 is 0 Å². The Balaban J connectivity index is 1.93. The number of benzene rings is 2. The standard InChI is InChI=1S/C17H17N3S/c1-13(14-8-4-2-5-9-14)12-20-16(18-19-17(20)21)15-10-6-3-7-11-15/h2-11,13H,12H2,1H3,(H,19,21). The minimum atomic E-state index is 0.373.